The number of aliphatic hydroxyl groups excluding tert-OH is 3. The van der Waals surface area contributed by atoms with Gasteiger partial charge in [-0.2, -0.15) is 4.98 Å². The van der Waals surface area contributed by atoms with Gasteiger partial charge in [-0.05, 0) is 33.8 Å². The number of hydrogen-bond acceptors (Lipinski definition) is 7. The maximum Gasteiger partial charge on any atom is 0.351 e. The molecule has 1 aromatic heterocycles. The Morgan fingerprint density at radius 2 is 1.96 bits per heavy atom. The van der Waals surface area contributed by atoms with Crippen LogP contribution >= 0.6 is 0 Å². The quantitative estimate of drug-likeness (QED) is 0.471. The Morgan fingerprint density at radius 3 is 2.44 bits per heavy atom. The van der Waals surface area contributed by atoms with Gasteiger partial charge in [-0.15, -0.1) is 0 Å². The van der Waals surface area contributed by atoms with Gasteiger partial charge in [-0.3, -0.25) is 4.57 Å². The molecule has 2 rings (SSSR count). The van der Waals surface area contributed by atoms with Crippen molar-refractivity contribution in [2.75, 3.05) is 6.61 Å². The van der Waals surface area contributed by atoms with Crippen LogP contribution in [0.1, 0.15) is 33.9 Å². The van der Waals surface area contributed by atoms with Crippen molar-refractivity contribution in [1.82, 2.24) is 14.5 Å². The van der Waals surface area contributed by atoms with Crippen LogP contribution in [0.25, 0.3) is 0 Å². The molecule has 140 valence electrons. The second-order valence-corrected chi connectivity index (χ2v) is 6.58. The molecule has 2 heterocycles. The van der Waals surface area contributed by atoms with Gasteiger partial charge in [0.2, 0.25) is 0 Å². The van der Waals surface area contributed by atoms with E-state index in [0.29, 0.717) is 0 Å². The fourth-order valence-corrected chi connectivity index (χ4v) is 2.77. The van der Waals surface area contributed by atoms with E-state index in [1.165, 1.54) is 12.3 Å². The van der Waals surface area contributed by atoms with Crippen molar-refractivity contribution in [2.24, 2.45) is 4.99 Å². The lowest BCUT2D eigenvalue weighted by Gasteiger charge is -2.28. The number of nitrogens with zero attached hydrogens (tertiary/aromatic N) is 4. The molecule has 9 heteroatoms. The first kappa shape index (κ1) is 19.5. The van der Waals surface area contributed by atoms with Crippen LogP contribution in [-0.2, 0) is 4.74 Å². The van der Waals surface area contributed by atoms with Crippen molar-refractivity contribution in [1.29, 1.82) is 0 Å². The van der Waals surface area contributed by atoms with Crippen LogP contribution < -0.4 is 5.69 Å². The van der Waals surface area contributed by atoms with E-state index in [1.54, 1.807) is 6.34 Å². The molecule has 0 amide bonds. The van der Waals surface area contributed by atoms with E-state index in [9.17, 15) is 15.0 Å². The van der Waals surface area contributed by atoms with Crippen molar-refractivity contribution >= 4 is 12.2 Å². The first-order valence-corrected chi connectivity index (χ1v) is 8.29. The fraction of sp³-hybridized carbons (Fsp3) is 0.688. The summed E-state index contributed by atoms with van der Waals surface area (Å²) < 4.78 is 6.40. The van der Waals surface area contributed by atoms with E-state index in [2.05, 4.69) is 9.98 Å². The molecule has 1 aliphatic heterocycles. The van der Waals surface area contributed by atoms with Crippen molar-refractivity contribution in [3.63, 3.8) is 0 Å². The number of aliphatic imine (C=N–C) groups is 1. The van der Waals surface area contributed by atoms with Crippen LogP contribution in [-0.4, -0.2) is 73.1 Å². The van der Waals surface area contributed by atoms with Gasteiger partial charge in [0.25, 0.3) is 0 Å². The Kier molecular flexibility index (Phi) is 6.28. The van der Waals surface area contributed by atoms with Gasteiger partial charge in [0.15, 0.2) is 12.0 Å². The van der Waals surface area contributed by atoms with Crippen LogP contribution in [0, 0.1) is 0 Å². The summed E-state index contributed by atoms with van der Waals surface area (Å²) in [5.74, 6) is 0.235. The summed E-state index contributed by atoms with van der Waals surface area (Å²) in [5, 5.41) is 28.9. The van der Waals surface area contributed by atoms with Gasteiger partial charge in [0.1, 0.15) is 18.3 Å². The summed E-state index contributed by atoms with van der Waals surface area (Å²) in [6, 6.07) is 2.02. The van der Waals surface area contributed by atoms with Crippen LogP contribution in [0.2, 0.25) is 0 Å². The second kappa shape index (κ2) is 8.05. The average molecular weight is 354 g/mol. The molecule has 9 nitrogen and oxygen atoms in total. The van der Waals surface area contributed by atoms with Crippen molar-refractivity contribution in [3.05, 3.63) is 22.7 Å². The molecule has 0 aromatic carbocycles. The Morgan fingerprint density at radius 1 is 1.32 bits per heavy atom. The Balaban J connectivity index is 2.20. The van der Waals surface area contributed by atoms with Gasteiger partial charge in [-0.25, -0.2) is 9.79 Å². The highest BCUT2D eigenvalue weighted by Crippen LogP contribution is 2.28. The predicted molar refractivity (Wildman–Crippen MR) is 91.8 cm³/mol. The molecule has 3 N–H and O–H groups in total. The van der Waals surface area contributed by atoms with E-state index in [0.717, 1.165) is 4.57 Å². The molecule has 25 heavy (non-hydrogen) atoms. The first-order chi connectivity index (χ1) is 11.8. The van der Waals surface area contributed by atoms with E-state index in [1.807, 2.05) is 32.6 Å². The Hall–Kier alpha value is -1.81. The molecule has 0 aliphatic carbocycles. The summed E-state index contributed by atoms with van der Waals surface area (Å²) in [7, 11) is 0. The third-order valence-corrected chi connectivity index (χ3v) is 4.12. The molecule has 1 aliphatic rings. The summed E-state index contributed by atoms with van der Waals surface area (Å²) in [5.41, 5.74) is -0.662. The Labute approximate surface area is 146 Å². The normalized spacial score (nSPS) is 26.9. The third kappa shape index (κ3) is 4.24. The molecule has 1 fully saturated rings. The highest BCUT2D eigenvalue weighted by molar-refractivity contribution is 5.60. The van der Waals surface area contributed by atoms with Crippen LogP contribution in [0.15, 0.2) is 22.1 Å². The molecule has 0 radical (unpaired) electrons. The topological polar surface area (TPSA) is 120 Å². The number of hydrogen-bond donors (Lipinski definition) is 3. The van der Waals surface area contributed by atoms with Crippen LogP contribution in [0.5, 0.6) is 0 Å². The highest BCUT2D eigenvalue weighted by atomic mass is 16.6. The van der Waals surface area contributed by atoms with E-state index in [-0.39, 0.29) is 17.9 Å². The van der Waals surface area contributed by atoms with Gasteiger partial charge in [0, 0.05) is 18.3 Å². The number of rotatable bonds is 6. The SMILES string of the molecule is CC(C)N(/C=N/c1ccn([C@@H]2O[C@H](CO)C(O)C2O)c(=O)n1)C(C)C. The maximum absolute atomic E-state index is 12.2. The minimum absolute atomic E-state index is 0.235. The van der Waals surface area contributed by atoms with E-state index < -0.39 is 36.8 Å². The standard InChI is InChI=1S/C16H26N4O5/c1-9(2)20(10(3)4)8-17-12-5-6-19(16(24)18-12)15-14(23)13(22)11(7-21)25-15/h5-6,8-11,13-15,21-23H,7H2,1-4H3/b17-8+/t11-,13?,14?,15-/m1/s1. The molecule has 0 bridgehead atoms. The minimum Gasteiger partial charge on any atom is -0.394 e. The molecule has 2 unspecified atom stereocenters. The van der Waals surface area contributed by atoms with Crippen LogP contribution in [0.4, 0.5) is 5.82 Å². The smallest absolute Gasteiger partial charge is 0.351 e. The highest BCUT2D eigenvalue weighted by Gasteiger charge is 2.43. The molecule has 0 spiro atoms. The zero-order valence-corrected chi connectivity index (χ0v) is 14.9. The summed E-state index contributed by atoms with van der Waals surface area (Å²) in [6.07, 6.45) is -1.61. The lowest BCUT2D eigenvalue weighted by Crippen LogP contribution is -2.36. The molecule has 4 atom stereocenters. The molecule has 1 saturated heterocycles. The van der Waals surface area contributed by atoms with Crippen molar-refractivity contribution in [3.8, 4) is 0 Å². The van der Waals surface area contributed by atoms with Gasteiger partial charge in [-0.1, -0.05) is 0 Å². The molecular formula is C16H26N4O5. The monoisotopic (exact) mass is 354 g/mol. The van der Waals surface area contributed by atoms with Crippen molar-refractivity contribution < 1.29 is 20.1 Å². The summed E-state index contributed by atoms with van der Waals surface area (Å²) in [6.45, 7) is 7.70. The summed E-state index contributed by atoms with van der Waals surface area (Å²) in [4.78, 5) is 22.3. The number of aromatic nitrogens is 2. The Bertz CT molecular complexity index is 652. The van der Waals surface area contributed by atoms with Gasteiger partial charge < -0.3 is 25.0 Å². The van der Waals surface area contributed by atoms with E-state index >= 15 is 0 Å². The zero-order chi connectivity index (χ0) is 18.7. The molecule has 1 aromatic rings. The van der Waals surface area contributed by atoms with Crippen LogP contribution in [0.3, 0.4) is 0 Å². The maximum atomic E-state index is 12.2. The lowest BCUT2D eigenvalue weighted by atomic mass is 10.1. The predicted octanol–water partition coefficient (Wildman–Crippen LogP) is -0.367. The lowest BCUT2D eigenvalue weighted by molar-refractivity contribution is -0.0549. The largest absolute Gasteiger partial charge is 0.394 e. The average Bonchev–Trinajstić information content (AvgIpc) is 2.82. The van der Waals surface area contributed by atoms with E-state index in [4.69, 9.17) is 9.84 Å². The number of aliphatic hydroxyl groups is 3. The second-order valence-electron chi connectivity index (χ2n) is 6.58. The third-order valence-electron chi connectivity index (χ3n) is 4.12. The fourth-order valence-electron chi connectivity index (χ4n) is 2.77. The number of ether oxygens (including phenoxy) is 1. The zero-order valence-electron chi connectivity index (χ0n) is 14.9. The molecular weight excluding hydrogens is 328 g/mol. The van der Waals surface area contributed by atoms with Crippen molar-refractivity contribution in [2.45, 2.75) is 64.3 Å². The minimum atomic E-state index is -1.33. The van der Waals surface area contributed by atoms with Gasteiger partial charge in [0.05, 0.1) is 12.9 Å². The molecule has 0 saturated carbocycles. The van der Waals surface area contributed by atoms with Gasteiger partial charge >= 0.3 is 5.69 Å². The summed E-state index contributed by atoms with van der Waals surface area (Å²) >= 11 is 0. The first-order valence-electron chi connectivity index (χ1n) is 8.29.